The van der Waals surface area contributed by atoms with E-state index < -0.39 is 0 Å². The van der Waals surface area contributed by atoms with Crippen LogP contribution in [0, 0.1) is 0 Å². The average Bonchev–Trinajstić information content (AvgIpc) is 2.17. The second-order valence-corrected chi connectivity index (χ2v) is 4.08. The highest BCUT2D eigenvalue weighted by Crippen LogP contribution is 2.08. The molecule has 0 heterocycles. The van der Waals surface area contributed by atoms with Crippen molar-refractivity contribution >= 4 is 0 Å². The first-order valence-electron chi connectivity index (χ1n) is 4.93. The standard InChI is InChI=1S/C12H19N/c1-4-12(2,3)13-10-11-8-6-5-7-9-11/h5-9,13H,4,10H2,1-3H3. The third kappa shape index (κ3) is 3.60. The molecule has 0 atom stereocenters. The second-order valence-electron chi connectivity index (χ2n) is 4.08. The summed E-state index contributed by atoms with van der Waals surface area (Å²) in [6.45, 7) is 7.63. The number of hydrogen-bond acceptors (Lipinski definition) is 1. The van der Waals surface area contributed by atoms with Crippen LogP contribution < -0.4 is 5.32 Å². The van der Waals surface area contributed by atoms with E-state index in [2.05, 4.69) is 56.4 Å². The van der Waals surface area contributed by atoms with Gasteiger partial charge in [0.1, 0.15) is 0 Å². The van der Waals surface area contributed by atoms with Crippen molar-refractivity contribution in [2.75, 3.05) is 0 Å². The molecular weight excluding hydrogens is 158 g/mol. The molecule has 1 rings (SSSR count). The third-order valence-corrected chi connectivity index (χ3v) is 2.50. The summed E-state index contributed by atoms with van der Waals surface area (Å²) >= 11 is 0. The molecule has 1 aromatic carbocycles. The maximum Gasteiger partial charge on any atom is 0.0210 e. The van der Waals surface area contributed by atoms with Crippen molar-refractivity contribution in [3.05, 3.63) is 35.9 Å². The summed E-state index contributed by atoms with van der Waals surface area (Å²) in [7, 11) is 0. The van der Waals surface area contributed by atoms with Crippen molar-refractivity contribution in [1.29, 1.82) is 0 Å². The molecule has 0 unspecified atom stereocenters. The molecule has 1 N–H and O–H groups in total. The van der Waals surface area contributed by atoms with Crippen molar-refractivity contribution in [3.8, 4) is 0 Å². The van der Waals surface area contributed by atoms with Crippen LogP contribution in [0.1, 0.15) is 32.8 Å². The largest absolute Gasteiger partial charge is 0.308 e. The van der Waals surface area contributed by atoms with Crippen LogP contribution in [0.4, 0.5) is 0 Å². The summed E-state index contributed by atoms with van der Waals surface area (Å²) in [6.07, 6.45) is 1.15. The molecule has 0 fully saturated rings. The van der Waals surface area contributed by atoms with Gasteiger partial charge in [-0.3, -0.25) is 0 Å². The van der Waals surface area contributed by atoms with Crippen molar-refractivity contribution in [2.24, 2.45) is 0 Å². The molecule has 0 spiro atoms. The molecule has 1 aromatic rings. The molecule has 0 saturated carbocycles. The predicted octanol–water partition coefficient (Wildman–Crippen LogP) is 2.96. The van der Waals surface area contributed by atoms with Crippen LogP contribution in [0.5, 0.6) is 0 Å². The highest BCUT2D eigenvalue weighted by Gasteiger charge is 2.12. The van der Waals surface area contributed by atoms with E-state index in [4.69, 9.17) is 0 Å². The average molecular weight is 177 g/mol. The van der Waals surface area contributed by atoms with Gasteiger partial charge in [0.2, 0.25) is 0 Å². The fraction of sp³-hybridized carbons (Fsp3) is 0.500. The lowest BCUT2D eigenvalue weighted by Gasteiger charge is -2.24. The van der Waals surface area contributed by atoms with Crippen molar-refractivity contribution in [2.45, 2.75) is 39.3 Å². The van der Waals surface area contributed by atoms with Crippen molar-refractivity contribution < 1.29 is 0 Å². The molecule has 0 aliphatic heterocycles. The minimum atomic E-state index is 0.246. The molecule has 1 nitrogen and oxygen atoms in total. The zero-order chi connectivity index (χ0) is 9.73. The zero-order valence-corrected chi connectivity index (χ0v) is 8.80. The Morgan fingerprint density at radius 1 is 1.15 bits per heavy atom. The fourth-order valence-electron chi connectivity index (χ4n) is 1.06. The first-order valence-corrected chi connectivity index (χ1v) is 4.93. The Kier molecular flexibility index (Phi) is 3.49. The Hall–Kier alpha value is -0.820. The Morgan fingerprint density at radius 3 is 2.31 bits per heavy atom. The summed E-state index contributed by atoms with van der Waals surface area (Å²) in [6, 6.07) is 10.5. The minimum Gasteiger partial charge on any atom is -0.308 e. The second kappa shape index (κ2) is 4.43. The lowest BCUT2D eigenvalue weighted by Crippen LogP contribution is -2.37. The lowest BCUT2D eigenvalue weighted by atomic mass is 10.0. The van der Waals surface area contributed by atoms with E-state index >= 15 is 0 Å². The number of hydrogen-bond donors (Lipinski definition) is 1. The van der Waals surface area contributed by atoms with E-state index in [1.807, 2.05) is 0 Å². The monoisotopic (exact) mass is 177 g/mol. The molecule has 0 aliphatic rings. The van der Waals surface area contributed by atoms with E-state index in [0.717, 1.165) is 13.0 Å². The van der Waals surface area contributed by atoms with E-state index in [-0.39, 0.29) is 5.54 Å². The van der Waals surface area contributed by atoms with Crippen molar-refractivity contribution in [3.63, 3.8) is 0 Å². The van der Waals surface area contributed by atoms with Gasteiger partial charge in [0.25, 0.3) is 0 Å². The van der Waals surface area contributed by atoms with Gasteiger partial charge in [-0.1, -0.05) is 37.3 Å². The molecule has 0 aromatic heterocycles. The van der Waals surface area contributed by atoms with E-state index in [0.29, 0.717) is 0 Å². The molecule has 72 valence electrons. The summed E-state index contributed by atoms with van der Waals surface area (Å²) in [5, 5.41) is 3.52. The van der Waals surface area contributed by atoms with E-state index in [1.165, 1.54) is 5.56 Å². The van der Waals surface area contributed by atoms with Crippen LogP contribution in [0.3, 0.4) is 0 Å². The maximum absolute atomic E-state index is 3.52. The first kappa shape index (κ1) is 10.3. The zero-order valence-electron chi connectivity index (χ0n) is 8.80. The van der Waals surface area contributed by atoms with Gasteiger partial charge in [-0.05, 0) is 25.8 Å². The molecule has 1 heteroatoms. The Labute approximate surface area is 81.2 Å². The van der Waals surface area contributed by atoms with Crippen LogP contribution in [-0.4, -0.2) is 5.54 Å². The Balaban J connectivity index is 2.44. The minimum absolute atomic E-state index is 0.246. The molecule has 0 saturated heterocycles. The van der Waals surface area contributed by atoms with Crippen LogP contribution in [0.15, 0.2) is 30.3 Å². The molecule has 0 amide bonds. The summed E-state index contributed by atoms with van der Waals surface area (Å²) < 4.78 is 0. The molecule has 0 aliphatic carbocycles. The maximum atomic E-state index is 3.52. The van der Waals surface area contributed by atoms with Gasteiger partial charge in [-0.25, -0.2) is 0 Å². The van der Waals surface area contributed by atoms with E-state index in [9.17, 15) is 0 Å². The smallest absolute Gasteiger partial charge is 0.0210 e. The van der Waals surface area contributed by atoms with Gasteiger partial charge < -0.3 is 5.32 Å². The van der Waals surface area contributed by atoms with Crippen molar-refractivity contribution in [1.82, 2.24) is 5.32 Å². The SMILES string of the molecule is CCC(C)(C)NCc1ccccc1. The highest BCUT2D eigenvalue weighted by molar-refractivity contribution is 5.14. The van der Waals surface area contributed by atoms with E-state index in [1.54, 1.807) is 0 Å². The van der Waals surface area contributed by atoms with Crippen LogP contribution in [0.25, 0.3) is 0 Å². The van der Waals surface area contributed by atoms with Crippen LogP contribution >= 0.6 is 0 Å². The number of benzene rings is 1. The Bertz CT molecular complexity index is 239. The topological polar surface area (TPSA) is 12.0 Å². The first-order chi connectivity index (χ1) is 6.14. The highest BCUT2D eigenvalue weighted by atomic mass is 14.9. The van der Waals surface area contributed by atoms with Gasteiger partial charge in [-0.15, -0.1) is 0 Å². The number of nitrogens with one attached hydrogen (secondary N) is 1. The van der Waals surface area contributed by atoms with Gasteiger partial charge in [0, 0.05) is 12.1 Å². The number of rotatable bonds is 4. The van der Waals surface area contributed by atoms with Crippen LogP contribution in [-0.2, 0) is 6.54 Å². The fourth-order valence-corrected chi connectivity index (χ4v) is 1.06. The van der Waals surface area contributed by atoms with Gasteiger partial charge >= 0.3 is 0 Å². The summed E-state index contributed by atoms with van der Waals surface area (Å²) in [5.41, 5.74) is 1.60. The Morgan fingerprint density at radius 2 is 1.77 bits per heavy atom. The molecular formula is C12H19N. The summed E-state index contributed by atoms with van der Waals surface area (Å²) in [4.78, 5) is 0. The lowest BCUT2D eigenvalue weighted by molar-refractivity contribution is 0.374. The van der Waals surface area contributed by atoms with Crippen LogP contribution in [0.2, 0.25) is 0 Å². The third-order valence-electron chi connectivity index (χ3n) is 2.50. The van der Waals surface area contributed by atoms with Gasteiger partial charge in [0.15, 0.2) is 0 Å². The summed E-state index contributed by atoms with van der Waals surface area (Å²) in [5.74, 6) is 0. The quantitative estimate of drug-likeness (QED) is 0.745. The molecule has 0 radical (unpaired) electrons. The molecule has 13 heavy (non-hydrogen) atoms. The van der Waals surface area contributed by atoms with Gasteiger partial charge in [-0.2, -0.15) is 0 Å². The molecule has 0 bridgehead atoms. The predicted molar refractivity (Wildman–Crippen MR) is 57.7 cm³/mol. The normalized spacial score (nSPS) is 11.6. The van der Waals surface area contributed by atoms with Gasteiger partial charge in [0.05, 0.1) is 0 Å².